The van der Waals surface area contributed by atoms with Crippen LogP contribution in [0.5, 0.6) is 0 Å². The summed E-state index contributed by atoms with van der Waals surface area (Å²) in [6.07, 6.45) is 5.28. The second kappa shape index (κ2) is 8.95. The molecule has 24 heavy (non-hydrogen) atoms. The monoisotopic (exact) mass is 361 g/mol. The summed E-state index contributed by atoms with van der Waals surface area (Å²) in [7, 11) is 0. The molecule has 2 aromatic heterocycles. The van der Waals surface area contributed by atoms with Crippen LogP contribution in [0.1, 0.15) is 50.2 Å². The molecule has 2 aromatic rings. The Balaban J connectivity index is 1.68. The Hall–Kier alpha value is -0.940. The number of nitrogens with zero attached hydrogens (tertiary/aromatic N) is 1. The smallest absolute Gasteiger partial charge is 0.0667 e. The van der Waals surface area contributed by atoms with Gasteiger partial charge in [-0.3, -0.25) is 0 Å². The normalized spacial score (nSPS) is 17.2. The van der Waals surface area contributed by atoms with E-state index in [1.54, 1.807) is 28.2 Å². The van der Waals surface area contributed by atoms with E-state index in [-0.39, 0.29) is 6.10 Å². The SMILES string of the molecule is CCCCC(O)CN1CCC(=C(c2ccsc2)c2ccsc2)CC1. The second-order valence-corrected chi connectivity index (χ2v) is 8.16. The predicted molar refractivity (Wildman–Crippen MR) is 106 cm³/mol. The maximum atomic E-state index is 10.2. The topological polar surface area (TPSA) is 23.5 Å². The Kier molecular flexibility index (Phi) is 6.67. The third-order valence-corrected chi connectivity index (χ3v) is 6.16. The van der Waals surface area contributed by atoms with Gasteiger partial charge in [0.2, 0.25) is 0 Å². The first-order chi connectivity index (χ1) is 11.8. The number of hydrogen-bond donors (Lipinski definition) is 1. The molecule has 130 valence electrons. The van der Waals surface area contributed by atoms with Crippen LogP contribution in [0.3, 0.4) is 0 Å². The molecule has 1 atom stereocenters. The number of β-amino-alcohol motifs (C(OH)–C–C–N with tert-alkyl or cyclic N) is 1. The van der Waals surface area contributed by atoms with Crippen LogP contribution in [0, 0.1) is 0 Å². The number of hydrogen-bond acceptors (Lipinski definition) is 4. The first-order valence-electron chi connectivity index (χ1n) is 8.95. The van der Waals surface area contributed by atoms with Crippen molar-refractivity contribution in [3.8, 4) is 0 Å². The molecule has 0 spiro atoms. The lowest BCUT2D eigenvalue weighted by atomic mass is 9.91. The summed E-state index contributed by atoms with van der Waals surface area (Å²) in [6.45, 7) is 5.15. The zero-order valence-electron chi connectivity index (χ0n) is 14.4. The molecule has 1 aliphatic rings. The van der Waals surface area contributed by atoms with Crippen LogP contribution >= 0.6 is 22.7 Å². The summed E-state index contributed by atoms with van der Waals surface area (Å²) in [5.41, 5.74) is 5.75. The third kappa shape index (κ3) is 4.57. The Bertz CT molecular complexity index is 584. The number of aliphatic hydroxyl groups is 1. The second-order valence-electron chi connectivity index (χ2n) is 6.60. The quantitative estimate of drug-likeness (QED) is 0.727. The van der Waals surface area contributed by atoms with E-state index in [0.29, 0.717) is 0 Å². The van der Waals surface area contributed by atoms with Crippen molar-refractivity contribution in [3.63, 3.8) is 0 Å². The molecule has 4 heteroatoms. The van der Waals surface area contributed by atoms with Crippen molar-refractivity contribution in [3.05, 3.63) is 50.4 Å². The van der Waals surface area contributed by atoms with Gasteiger partial charge < -0.3 is 10.0 Å². The molecule has 3 heterocycles. The standard InChI is InChI=1S/C20H27NOS2/c1-2-3-4-19(22)13-21-9-5-16(6-10-21)20(17-7-11-23-14-17)18-8-12-24-15-18/h7-8,11-12,14-15,19,22H,2-6,9-10,13H2,1H3. The number of rotatable bonds is 7. The van der Waals surface area contributed by atoms with Gasteiger partial charge in [-0.2, -0.15) is 22.7 Å². The molecule has 1 aliphatic heterocycles. The molecule has 0 saturated carbocycles. The molecule has 3 rings (SSSR count). The van der Waals surface area contributed by atoms with Crippen molar-refractivity contribution in [1.82, 2.24) is 4.90 Å². The molecule has 1 N–H and O–H groups in total. The fraction of sp³-hybridized carbons (Fsp3) is 0.500. The van der Waals surface area contributed by atoms with Crippen LogP contribution < -0.4 is 0 Å². The van der Waals surface area contributed by atoms with Crippen molar-refractivity contribution < 1.29 is 5.11 Å². The largest absolute Gasteiger partial charge is 0.392 e. The summed E-state index contributed by atoms with van der Waals surface area (Å²) < 4.78 is 0. The van der Waals surface area contributed by atoms with Gasteiger partial charge in [-0.25, -0.2) is 0 Å². The van der Waals surface area contributed by atoms with Gasteiger partial charge in [-0.05, 0) is 69.6 Å². The van der Waals surface area contributed by atoms with Gasteiger partial charge in [0.1, 0.15) is 0 Å². The average molecular weight is 362 g/mol. The fourth-order valence-corrected chi connectivity index (χ4v) is 4.77. The first kappa shape index (κ1) is 17.9. The number of piperidine rings is 1. The minimum atomic E-state index is -0.163. The third-order valence-electron chi connectivity index (χ3n) is 4.79. The summed E-state index contributed by atoms with van der Waals surface area (Å²) in [4.78, 5) is 2.43. The maximum absolute atomic E-state index is 10.2. The van der Waals surface area contributed by atoms with Gasteiger partial charge in [-0.15, -0.1) is 0 Å². The van der Waals surface area contributed by atoms with Gasteiger partial charge in [-0.1, -0.05) is 25.3 Å². The Labute approximate surface area is 153 Å². The molecule has 0 aliphatic carbocycles. The Morgan fingerprint density at radius 3 is 2.25 bits per heavy atom. The van der Waals surface area contributed by atoms with Crippen LogP contribution in [0.15, 0.2) is 39.2 Å². The van der Waals surface area contributed by atoms with Crippen molar-refractivity contribution >= 4 is 28.2 Å². The maximum Gasteiger partial charge on any atom is 0.0667 e. The zero-order chi connectivity index (χ0) is 16.8. The van der Waals surface area contributed by atoms with Crippen LogP contribution in [-0.4, -0.2) is 35.7 Å². The molecule has 1 saturated heterocycles. The van der Waals surface area contributed by atoms with Crippen LogP contribution in [0.25, 0.3) is 5.57 Å². The molecule has 0 radical (unpaired) electrons. The molecule has 2 nitrogen and oxygen atoms in total. The van der Waals surface area contributed by atoms with Gasteiger partial charge >= 0.3 is 0 Å². The summed E-state index contributed by atoms with van der Waals surface area (Å²) in [5.74, 6) is 0. The molecule has 1 fully saturated rings. The van der Waals surface area contributed by atoms with E-state index < -0.39 is 0 Å². The van der Waals surface area contributed by atoms with E-state index in [4.69, 9.17) is 0 Å². The Morgan fingerprint density at radius 1 is 1.12 bits per heavy atom. The molecule has 0 aromatic carbocycles. The van der Waals surface area contributed by atoms with Crippen LogP contribution in [0.2, 0.25) is 0 Å². The van der Waals surface area contributed by atoms with E-state index in [1.165, 1.54) is 16.7 Å². The minimum Gasteiger partial charge on any atom is -0.392 e. The van der Waals surface area contributed by atoms with E-state index in [0.717, 1.165) is 51.7 Å². The molecule has 0 bridgehead atoms. The van der Waals surface area contributed by atoms with E-state index in [2.05, 4.69) is 45.5 Å². The summed E-state index contributed by atoms with van der Waals surface area (Å²) in [5, 5.41) is 19.0. The molecular formula is C20H27NOS2. The highest BCUT2D eigenvalue weighted by Crippen LogP contribution is 2.34. The highest BCUT2D eigenvalue weighted by Gasteiger charge is 2.20. The molecule has 0 amide bonds. The number of unbranched alkanes of at least 4 members (excludes halogenated alkanes) is 1. The Morgan fingerprint density at radius 2 is 1.75 bits per heavy atom. The van der Waals surface area contributed by atoms with E-state index in [1.807, 2.05) is 0 Å². The summed E-state index contributed by atoms with van der Waals surface area (Å²) in [6, 6.07) is 4.48. The van der Waals surface area contributed by atoms with Crippen molar-refractivity contribution in [2.75, 3.05) is 19.6 Å². The number of likely N-dealkylation sites (tertiary alicyclic amines) is 1. The van der Waals surface area contributed by atoms with Crippen molar-refractivity contribution in [2.24, 2.45) is 0 Å². The van der Waals surface area contributed by atoms with Crippen LogP contribution in [0.4, 0.5) is 0 Å². The van der Waals surface area contributed by atoms with Gasteiger partial charge in [0.05, 0.1) is 6.10 Å². The predicted octanol–water partition coefficient (Wildman–Crippen LogP) is 5.26. The highest BCUT2D eigenvalue weighted by atomic mass is 32.1. The lowest BCUT2D eigenvalue weighted by Crippen LogP contribution is -2.37. The van der Waals surface area contributed by atoms with Gasteiger partial charge in [0.15, 0.2) is 0 Å². The number of aliphatic hydroxyl groups excluding tert-OH is 1. The van der Waals surface area contributed by atoms with Gasteiger partial charge in [0.25, 0.3) is 0 Å². The van der Waals surface area contributed by atoms with E-state index >= 15 is 0 Å². The lowest BCUT2D eigenvalue weighted by Gasteiger charge is -2.31. The fourth-order valence-electron chi connectivity index (χ4n) is 3.47. The summed E-state index contributed by atoms with van der Waals surface area (Å²) >= 11 is 3.54. The van der Waals surface area contributed by atoms with Crippen molar-refractivity contribution in [2.45, 2.75) is 45.1 Å². The lowest BCUT2D eigenvalue weighted by molar-refractivity contribution is 0.0992. The molecule has 1 unspecified atom stereocenters. The average Bonchev–Trinajstić information content (AvgIpc) is 3.29. The molecular weight excluding hydrogens is 334 g/mol. The zero-order valence-corrected chi connectivity index (χ0v) is 16.0. The minimum absolute atomic E-state index is 0.163. The van der Waals surface area contributed by atoms with Gasteiger partial charge in [0, 0.05) is 19.6 Å². The highest BCUT2D eigenvalue weighted by molar-refractivity contribution is 7.08. The van der Waals surface area contributed by atoms with Crippen molar-refractivity contribution in [1.29, 1.82) is 0 Å². The van der Waals surface area contributed by atoms with E-state index in [9.17, 15) is 5.11 Å². The number of thiophene rings is 2. The first-order valence-corrected chi connectivity index (χ1v) is 10.8. The van der Waals surface area contributed by atoms with Crippen LogP contribution in [-0.2, 0) is 0 Å².